The summed E-state index contributed by atoms with van der Waals surface area (Å²) in [5, 5.41) is 6.89. The minimum Gasteiger partial charge on any atom is -0.370 e. The fraction of sp³-hybridized carbons (Fsp3) is 0.222. The van der Waals surface area contributed by atoms with E-state index in [2.05, 4.69) is 20.6 Å². The maximum absolute atomic E-state index is 13.5. The van der Waals surface area contributed by atoms with Crippen LogP contribution >= 0.6 is 12.2 Å². The Labute approximate surface area is 227 Å². The molecule has 3 rings (SSSR count). The van der Waals surface area contributed by atoms with Gasteiger partial charge in [0.05, 0.1) is 17.2 Å². The van der Waals surface area contributed by atoms with Crippen molar-refractivity contribution in [3.05, 3.63) is 78.5 Å². The molecule has 2 aromatic carbocycles. The molecular formula is C27H32N8O2S. The quantitative estimate of drug-likeness (QED) is 0.0663. The van der Waals surface area contributed by atoms with E-state index in [9.17, 15) is 9.59 Å². The van der Waals surface area contributed by atoms with Crippen LogP contribution in [-0.4, -0.2) is 51.5 Å². The molecular weight excluding hydrogens is 500 g/mol. The standard InChI is InChI=1S/C27H32N8O2S/c1-18(33-23(36)15-14-19-8-3-2-4-9-19)35(25(37)21(28)12-7-17-32-26(29)30)27(38)34-22-13-5-10-20-11-6-16-31-24(20)22/h2-6,8-11,13-16,18,21H,7,12,17,28H2,1H3,(H,33,36)(H,34,38)(H4,29,30,32)/b15-14+/t18?,21-/m0/s1. The van der Waals surface area contributed by atoms with E-state index in [1.165, 1.54) is 11.0 Å². The van der Waals surface area contributed by atoms with Gasteiger partial charge >= 0.3 is 0 Å². The van der Waals surface area contributed by atoms with E-state index in [0.29, 0.717) is 30.6 Å². The van der Waals surface area contributed by atoms with Gasteiger partial charge in [-0.05, 0) is 55.8 Å². The first kappa shape index (κ1) is 28.2. The van der Waals surface area contributed by atoms with Gasteiger partial charge in [-0.15, -0.1) is 0 Å². The Hall–Kier alpha value is -4.35. The first-order valence-electron chi connectivity index (χ1n) is 12.1. The average Bonchev–Trinajstić information content (AvgIpc) is 2.90. The minimum absolute atomic E-state index is 0.0273. The van der Waals surface area contributed by atoms with Gasteiger partial charge in [0.2, 0.25) is 11.8 Å². The number of hydrogen-bond donors (Lipinski definition) is 5. The number of nitrogens with one attached hydrogen (secondary N) is 2. The molecule has 38 heavy (non-hydrogen) atoms. The summed E-state index contributed by atoms with van der Waals surface area (Å²) in [5.41, 5.74) is 19.1. The third-order valence-corrected chi connectivity index (χ3v) is 5.88. The van der Waals surface area contributed by atoms with Gasteiger partial charge in [-0.25, -0.2) is 0 Å². The highest BCUT2D eigenvalue weighted by Crippen LogP contribution is 2.21. The van der Waals surface area contributed by atoms with Gasteiger partial charge in [-0.3, -0.25) is 24.5 Å². The Morgan fingerprint density at radius 3 is 2.58 bits per heavy atom. The van der Waals surface area contributed by atoms with Crippen LogP contribution in [0.2, 0.25) is 0 Å². The maximum Gasteiger partial charge on any atom is 0.247 e. The summed E-state index contributed by atoms with van der Waals surface area (Å²) in [7, 11) is 0. The predicted molar refractivity (Wildman–Crippen MR) is 156 cm³/mol. The smallest absolute Gasteiger partial charge is 0.247 e. The molecule has 3 aromatic rings. The van der Waals surface area contributed by atoms with Crippen molar-refractivity contribution in [3.63, 3.8) is 0 Å². The molecule has 0 aliphatic heterocycles. The van der Waals surface area contributed by atoms with Crippen LogP contribution in [0.4, 0.5) is 5.69 Å². The summed E-state index contributed by atoms with van der Waals surface area (Å²) in [6.45, 7) is 2.00. The van der Waals surface area contributed by atoms with Crippen LogP contribution in [0.15, 0.2) is 77.9 Å². The Kier molecular flexibility index (Phi) is 10.3. The fourth-order valence-corrected chi connectivity index (χ4v) is 4.08. The molecule has 0 fully saturated rings. The number of pyridine rings is 1. The number of aromatic nitrogens is 1. The molecule has 10 nitrogen and oxygen atoms in total. The molecule has 198 valence electrons. The molecule has 0 radical (unpaired) electrons. The molecule has 0 aliphatic rings. The summed E-state index contributed by atoms with van der Waals surface area (Å²) in [5.74, 6) is -0.879. The highest BCUT2D eigenvalue weighted by Gasteiger charge is 2.29. The second kappa shape index (κ2) is 13.8. The van der Waals surface area contributed by atoms with E-state index in [4.69, 9.17) is 29.4 Å². The lowest BCUT2D eigenvalue weighted by Gasteiger charge is -2.32. The third kappa shape index (κ3) is 8.08. The Morgan fingerprint density at radius 1 is 1.11 bits per heavy atom. The number of guanidine groups is 1. The van der Waals surface area contributed by atoms with Crippen molar-refractivity contribution < 1.29 is 9.59 Å². The third-order valence-electron chi connectivity index (χ3n) is 5.58. The number of benzene rings is 2. The van der Waals surface area contributed by atoms with Crippen LogP contribution in [0.5, 0.6) is 0 Å². The van der Waals surface area contributed by atoms with Gasteiger partial charge in [-0.2, -0.15) is 0 Å². The highest BCUT2D eigenvalue weighted by molar-refractivity contribution is 7.80. The van der Waals surface area contributed by atoms with Crippen LogP contribution in [0, 0.1) is 0 Å². The largest absolute Gasteiger partial charge is 0.370 e. The lowest BCUT2D eigenvalue weighted by molar-refractivity contribution is -0.131. The van der Waals surface area contributed by atoms with E-state index in [1.807, 2.05) is 60.7 Å². The van der Waals surface area contributed by atoms with Crippen molar-refractivity contribution in [1.29, 1.82) is 0 Å². The number of hydrogen-bond acceptors (Lipinski definition) is 6. The van der Waals surface area contributed by atoms with Crippen molar-refractivity contribution in [2.45, 2.75) is 32.0 Å². The first-order chi connectivity index (χ1) is 18.3. The molecule has 11 heteroatoms. The van der Waals surface area contributed by atoms with Gasteiger partial charge in [-0.1, -0.05) is 48.5 Å². The number of carbonyl (C=O) groups is 2. The second-order valence-corrected chi connectivity index (χ2v) is 8.89. The maximum atomic E-state index is 13.5. The van der Waals surface area contributed by atoms with E-state index in [1.54, 1.807) is 19.2 Å². The highest BCUT2D eigenvalue weighted by atomic mass is 32.1. The lowest BCUT2D eigenvalue weighted by atomic mass is 10.1. The lowest BCUT2D eigenvalue weighted by Crippen LogP contribution is -2.57. The van der Waals surface area contributed by atoms with Crippen molar-refractivity contribution in [2.24, 2.45) is 22.2 Å². The number of nitrogens with two attached hydrogens (primary N) is 3. The van der Waals surface area contributed by atoms with Crippen LogP contribution in [-0.2, 0) is 9.59 Å². The topological polar surface area (TPSA) is 165 Å². The summed E-state index contributed by atoms with van der Waals surface area (Å²) < 4.78 is 0. The normalized spacial score (nSPS) is 12.5. The number of amides is 2. The molecule has 0 saturated heterocycles. The number of rotatable bonds is 10. The molecule has 8 N–H and O–H groups in total. The van der Waals surface area contributed by atoms with Crippen LogP contribution in [0.25, 0.3) is 17.0 Å². The van der Waals surface area contributed by atoms with Crippen LogP contribution in [0.3, 0.4) is 0 Å². The SMILES string of the molecule is CC(NC(=O)/C=C/c1ccccc1)N(C(=O)[C@@H](N)CCCN=C(N)N)C(=S)Nc1cccc2cccnc12. The molecule has 2 amide bonds. The van der Waals surface area contributed by atoms with E-state index >= 15 is 0 Å². The molecule has 1 unspecified atom stereocenters. The van der Waals surface area contributed by atoms with Crippen molar-refractivity contribution in [1.82, 2.24) is 15.2 Å². The van der Waals surface area contributed by atoms with E-state index in [-0.39, 0.29) is 11.1 Å². The number of para-hydroxylation sites is 1. The van der Waals surface area contributed by atoms with E-state index < -0.39 is 24.0 Å². The summed E-state index contributed by atoms with van der Waals surface area (Å²) in [6.07, 6.45) is 4.76. The van der Waals surface area contributed by atoms with Crippen molar-refractivity contribution >= 4 is 57.8 Å². The van der Waals surface area contributed by atoms with Gasteiger partial charge in [0.15, 0.2) is 11.1 Å². The number of thiocarbonyl (C=S) groups is 1. The second-order valence-electron chi connectivity index (χ2n) is 8.50. The molecule has 0 aliphatic carbocycles. The predicted octanol–water partition coefficient (Wildman–Crippen LogP) is 2.32. The fourth-order valence-electron chi connectivity index (χ4n) is 3.72. The number of nitrogens with zero attached hydrogens (tertiary/aromatic N) is 3. The molecule has 0 saturated carbocycles. The zero-order valence-electron chi connectivity index (χ0n) is 21.1. The van der Waals surface area contributed by atoms with Gasteiger partial charge < -0.3 is 27.8 Å². The van der Waals surface area contributed by atoms with Gasteiger partial charge in [0, 0.05) is 24.2 Å². The van der Waals surface area contributed by atoms with Gasteiger partial charge in [0.25, 0.3) is 0 Å². The number of aliphatic imine (C=N–C) groups is 1. The Morgan fingerprint density at radius 2 is 1.84 bits per heavy atom. The average molecular weight is 533 g/mol. The summed E-state index contributed by atoms with van der Waals surface area (Å²) in [4.78, 5) is 35.8. The van der Waals surface area contributed by atoms with Crippen LogP contribution in [0.1, 0.15) is 25.3 Å². The summed E-state index contributed by atoms with van der Waals surface area (Å²) in [6, 6.07) is 17.9. The van der Waals surface area contributed by atoms with Crippen LogP contribution < -0.4 is 27.8 Å². The monoisotopic (exact) mass is 532 g/mol. The number of carbonyl (C=O) groups excluding carboxylic acids is 2. The first-order valence-corrected chi connectivity index (χ1v) is 12.5. The molecule has 0 spiro atoms. The minimum atomic E-state index is -0.895. The zero-order chi connectivity index (χ0) is 27.5. The Bertz CT molecular complexity index is 1320. The molecule has 1 aromatic heterocycles. The summed E-state index contributed by atoms with van der Waals surface area (Å²) >= 11 is 5.64. The number of fused-ring (bicyclic) bond motifs is 1. The Balaban J connectivity index is 1.79. The van der Waals surface area contributed by atoms with Crippen molar-refractivity contribution in [2.75, 3.05) is 11.9 Å². The van der Waals surface area contributed by atoms with Gasteiger partial charge in [0.1, 0.15) is 6.17 Å². The van der Waals surface area contributed by atoms with Crippen molar-refractivity contribution in [3.8, 4) is 0 Å². The number of anilines is 1. The molecule has 0 bridgehead atoms. The zero-order valence-corrected chi connectivity index (χ0v) is 21.9. The molecule has 2 atom stereocenters. The molecule has 1 heterocycles. The van der Waals surface area contributed by atoms with E-state index in [0.717, 1.165) is 10.9 Å².